The maximum Gasteiger partial charge on any atom is 0.206 e. The molecule has 0 radical (unpaired) electrons. The summed E-state index contributed by atoms with van der Waals surface area (Å²) in [6.07, 6.45) is 0. The average Bonchev–Trinajstić information content (AvgIpc) is 2.82. The number of benzene rings is 1. The largest absolute Gasteiger partial charge is 0.360 e. The molecule has 0 aliphatic rings. The van der Waals surface area contributed by atoms with E-state index in [0.717, 1.165) is 26.8 Å². The van der Waals surface area contributed by atoms with Gasteiger partial charge in [-0.2, -0.15) is 0 Å². The van der Waals surface area contributed by atoms with Crippen molar-refractivity contribution in [1.82, 2.24) is 10.2 Å². The predicted octanol–water partition coefficient (Wildman–Crippen LogP) is 4.55. The number of hydrogen-bond donors (Lipinski definition) is 1. The molecule has 6 heteroatoms. The third kappa shape index (κ3) is 5.01. The number of rotatable bonds is 6. The number of anilines is 1. The second-order valence-electron chi connectivity index (χ2n) is 4.57. The van der Waals surface area contributed by atoms with Crippen LogP contribution in [0.3, 0.4) is 0 Å². The maximum absolute atomic E-state index is 5.96. The van der Waals surface area contributed by atoms with Gasteiger partial charge in [0.15, 0.2) is 4.34 Å². The molecule has 1 aromatic heterocycles. The number of nitrogens with one attached hydrogen (secondary N) is 1. The highest BCUT2D eigenvalue weighted by Gasteiger charge is 2.05. The van der Waals surface area contributed by atoms with Crippen molar-refractivity contribution in [2.45, 2.75) is 23.9 Å². The molecule has 2 aromatic rings. The minimum Gasteiger partial charge on any atom is -0.360 e. The monoisotopic (exact) mass is 313 g/mol. The summed E-state index contributed by atoms with van der Waals surface area (Å²) >= 11 is 9.24. The number of halogens is 1. The zero-order valence-electron chi connectivity index (χ0n) is 10.9. The molecule has 0 unspecified atom stereocenters. The molecule has 0 bridgehead atoms. The van der Waals surface area contributed by atoms with Crippen LogP contribution < -0.4 is 5.32 Å². The standard InChI is InChI=1S/C13H16ClN3S2/c1-9(2)7-15-12-16-17-13(19-12)18-8-10-4-3-5-11(14)6-10/h3-6,9H,7-8H2,1-2H3,(H,15,16). The molecule has 2 rings (SSSR count). The number of thioether (sulfide) groups is 1. The van der Waals surface area contributed by atoms with E-state index < -0.39 is 0 Å². The van der Waals surface area contributed by atoms with Crippen LogP contribution in [-0.4, -0.2) is 16.7 Å². The molecule has 0 aliphatic carbocycles. The SMILES string of the molecule is CC(C)CNc1nnc(SCc2cccc(Cl)c2)s1. The van der Waals surface area contributed by atoms with E-state index >= 15 is 0 Å². The number of hydrogen-bond acceptors (Lipinski definition) is 5. The van der Waals surface area contributed by atoms with Gasteiger partial charge in [-0.25, -0.2) is 0 Å². The summed E-state index contributed by atoms with van der Waals surface area (Å²) in [6.45, 7) is 5.26. The molecule has 1 aromatic carbocycles. The summed E-state index contributed by atoms with van der Waals surface area (Å²) in [4.78, 5) is 0. The fraction of sp³-hybridized carbons (Fsp3) is 0.385. The van der Waals surface area contributed by atoms with Crippen LogP contribution in [0.1, 0.15) is 19.4 Å². The van der Waals surface area contributed by atoms with Crippen molar-refractivity contribution in [2.75, 3.05) is 11.9 Å². The molecule has 0 fully saturated rings. The molecule has 0 saturated carbocycles. The first-order chi connectivity index (χ1) is 9.13. The lowest BCUT2D eigenvalue weighted by atomic mass is 10.2. The molecule has 0 aliphatic heterocycles. The van der Waals surface area contributed by atoms with E-state index in [1.165, 1.54) is 5.56 Å². The summed E-state index contributed by atoms with van der Waals surface area (Å²) < 4.78 is 0.978. The summed E-state index contributed by atoms with van der Waals surface area (Å²) in [5.41, 5.74) is 1.20. The molecule has 102 valence electrons. The van der Waals surface area contributed by atoms with E-state index in [4.69, 9.17) is 11.6 Å². The lowest BCUT2D eigenvalue weighted by Gasteiger charge is -2.03. The van der Waals surface area contributed by atoms with E-state index in [2.05, 4.69) is 35.4 Å². The third-order valence-corrected chi connectivity index (χ3v) is 4.64. The van der Waals surface area contributed by atoms with E-state index in [1.54, 1.807) is 23.1 Å². The van der Waals surface area contributed by atoms with E-state index in [9.17, 15) is 0 Å². The normalized spacial score (nSPS) is 10.9. The number of aromatic nitrogens is 2. The summed E-state index contributed by atoms with van der Waals surface area (Å²) in [5.74, 6) is 1.46. The van der Waals surface area contributed by atoms with Gasteiger partial charge in [0, 0.05) is 17.3 Å². The Kier molecular flexibility index (Phi) is 5.48. The van der Waals surface area contributed by atoms with Crippen molar-refractivity contribution in [3.05, 3.63) is 34.9 Å². The van der Waals surface area contributed by atoms with Gasteiger partial charge in [-0.05, 0) is 23.6 Å². The second-order valence-corrected chi connectivity index (χ2v) is 7.20. The van der Waals surface area contributed by atoms with Crippen LogP contribution in [0, 0.1) is 5.92 Å². The highest BCUT2D eigenvalue weighted by atomic mass is 35.5. The zero-order chi connectivity index (χ0) is 13.7. The van der Waals surface area contributed by atoms with Crippen molar-refractivity contribution in [3.8, 4) is 0 Å². The third-order valence-electron chi connectivity index (χ3n) is 2.32. The van der Waals surface area contributed by atoms with Gasteiger partial charge in [0.25, 0.3) is 0 Å². The Hall–Kier alpha value is -0.780. The first-order valence-corrected chi connectivity index (χ1v) is 8.26. The molecule has 3 nitrogen and oxygen atoms in total. The van der Waals surface area contributed by atoms with Gasteiger partial charge in [-0.3, -0.25) is 0 Å². The summed E-state index contributed by atoms with van der Waals surface area (Å²) in [7, 11) is 0. The molecular weight excluding hydrogens is 298 g/mol. The molecule has 1 heterocycles. The van der Waals surface area contributed by atoms with Crippen molar-refractivity contribution in [2.24, 2.45) is 5.92 Å². The fourth-order valence-corrected chi connectivity index (χ4v) is 3.32. The van der Waals surface area contributed by atoms with Gasteiger partial charge in [0.2, 0.25) is 5.13 Å². The van der Waals surface area contributed by atoms with E-state index in [0.29, 0.717) is 5.92 Å². The van der Waals surface area contributed by atoms with Crippen LogP contribution in [0.5, 0.6) is 0 Å². The van der Waals surface area contributed by atoms with E-state index in [1.807, 2.05) is 18.2 Å². The molecule has 0 saturated heterocycles. The summed E-state index contributed by atoms with van der Waals surface area (Å²) in [5, 5.41) is 13.2. The Balaban J connectivity index is 1.86. The lowest BCUT2D eigenvalue weighted by Crippen LogP contribution is -2.07. The molecule has 19 heavy (non-hydrogen) atoms. The lowest BCUT2D eigenvalue weighted by molar-refractivity contribution is 0.687. The molecule has 0 spiro atoms. The van der Waals surface area contributed by atoms with Crippen LogP contribution in [0.25, 0.3) is 0 Å². The maximum atomic E-state index is 5.96. The van der Waals surface area contributed by atoms with Crippen LogP contribution in [0.2, 0.25) is 5.02 Å². The van der Waals surface area contributed by atoms with Crippen LogP contribution in [0.4, 0.5) is 5.13 Å². The Morgan fingerprint density at radius 2 is 2.21 bits per heavy atom. The van der Waals surface area contributed by atoms with E-state index in [-0.39, 0.29) is 0 Å². The summed E-state index contributed by atoms with van der Waals surface area (Å²) in [6, 6.07) is 7.90. The second kappa shape index (κ2) is 7.12. The van der Waals surface area contributed by atoms with Crippen LogP contribution >= 0.6 is 34.7 Å². The van der Waals surface area contributed by atoms with Crippen LogP contribution in [-0.2, 0) is 5.75 Å². The van der Waals surface area contributed by atoms with Gasteiger partial charge in [-0.1, -0.05) is 60.7 Å². The quantitative estimate of drug-likeness (QED) is 0.794. The van der Waals surface area contributed by atoms with Crippen molar-refractivity contribution in [1.29, 1.82) is 0 Å². The van der Waals surface area contributed by atoms with Gasteiger partial charge in [0.05, 0.1) is 0 Å². The predicted molar refractivity (Wildman–Crippen MR) is 84.2 cm³/mol. The number of nitrogens with zero attached hydrogens (tertiary/aromatic N) is 2. The van der Waals surface area contributed by atoms with Crippen LogP contribution in [0.15, 0.2) is 28.6 Å². The van der Waals surface area contributed by atoms with Crippen molar-refractivity contribution in [3.63, 3.8) is 0 Å². The van der Waals surface area contributed by atoms with Crippen molar-refractivity contribution < 1.29 is 0 Å². The Labute approximate surface area is 126 Å². The first kappa shape index (κ1) is 14.6. The van der Waals surface area contributed by atoms with Gasteiger partial charge >= 0.3 is 0 Å². The molecule has 0 amide bonds. The highest BCUT2D eigenvalue weighted by Crippen LogP contribution is 2.28. The minimum atomic E-state index is 0.603. The fourth-order valence-electron chi connectivity index (χ4n) is 1.40. The minimum absolute atomic E-state index is 0.603. The Morgan fingerprint density at radius 3 is 2.95 bits per heavy atom. The average molecular weight is 314 g/mol. The topological polar surface area (TPSA) is 37.8 Å². The Morgan fingerprint density at radius 1 is 1.37 bits per heavy atom. The first-order valence-electron chi connectivity index (χ1n) is 6.08. The van der Waals surface area contributed by atoms with Gasteiger partial charge in [-0.15, -0.1) is 10.2 Å². The van der Waals surface area contributed by atoms with Crippen molar-refractivity contribution >= 4 is 39.8 Å². The zero-order valence-corrected chi connectivity index (χ0v) is 13.3. The van der Waals surface area contributed by atoms with Gasteiger partial charge in [0.1, 0.15) is 0 Å². The Bertz CT molecular complexity index is 528. The highest BCUT2D eigenvalue weighted by molar-refractivity contribution is 8.00. The molecule has 1 N–H and O–H groups in total. The molecule has 0 atom stereocenters. The van der Waals surface area contributed by atoms with Gasteiger partial charge < -0.3 is 5.32 Å². The smallest absolute Gasteiger partial charge is 0.206 e. The molecular formula is C13H16ClN3S2.